The van der Waals surface area contributed by atoms with Crippen molar-refractivity contribution in [3.05, 3.63) is 53.7 Å². The fraction of sp³-hybridized carbons (Fsp3) is 0.455. The van der Waals surface area contributed by atoms with E-state index in [0.29, 0.717) is 31.9 Å². The molecule has 0 spiro atoms. The number of aromatic nitrogens is 1. The molecule has 1 aliphatic heterocycles. The molecule has 2 fully saturated rings. The Balaban J connectivity index is 1.45. The van der Waals surface area contributed by atoms with Crippen LogP contribution < -0.4 is 0 Å². The normalized spacial score (nSPS) is 18.7. The van der Waals surface area contributed by atoms with Gasteiger partial charge in [0, 0.05) is 24.8 Å². The van der Waals surface area contributed by atoms with Crippen LogP contribution in [0.25, 0.3) is 11.3 Å². The Bertz CT molecular complexity index is 728. The summed E-state index contributed by atoms with van der Waals surface area (Å²) < 4.78 is 5.31. The summed E-state index contributed by atoms with van der Waals surface area (Å²) in [4.78, 5) is 18.9. The second-order valence-electron chi connectivity index (χ2n) is 7.29. The first-order valence-electron chi connectivity index (χ1n) is 9.75. The molecular weight excluding hydrogens is 324 g/mol. The molecular formula is C22H26N2O2. The Morgan fingerprint density at radius 2 is 1.69 bits per heavy atom. The zero-order chi connectivity index (χ0) is 17.8. The van der Waals surface area contributed by atoms with Crippen molar-refractivity contribution in [2.24, 2.45) is 0 Å². The SMILES string of the molecule is O=C(c1ccc(-c2ccc(C3CCCCC3)cc2)nc1)N1CCOCC1. The highest BCUT2D eigenvalue weighted by atomic mass is 16.5. The van der Waals surface area contributed by atoms with Gasteiger partial charge in [-0.15, -0.1) is 0 Å². The maximum Gasteiger partial charge on any atom is 0.255 e. The molecule has 0 radical (unpaired) electrons. The van der Waals surface area contributed by atoms with Crippen molar-refractivity contribution in [1.29, 1.82) is 0 Å². The van der Waals surface area contributed by atoms with Crippen molar-refractivity contribution in [2.45, 2.75) is 38.0 Å². The van der Waals surface area contributed by atoms with Gasteiger partial charge >= 0.3 is 0 Å². The number of ether oxygens (including phenoxy) is 1. The highest BCUT2D eigenvalue weighted by Crippen LogP contribution is 2.33. The molecule has 0 unspecified atom stereocenters. The largest absolute Gasteiger partial charge is 0.378 e. The zero-order valence-electron chi connectivity index (χ0n) is 15.2. The Kier molecular flexibility index (Phi) is 5.30. The van der Waals surface area contributed by atoms with Crippen LogP contribution in [-0.4, -0.2) is 42.1 Å². The highest BCUT2D eigenvalue weighted by Gasteiger charge is 2.19. The number of morpholine rings is 1. The lowest BCUT2D eigenvalue weighted by Gasteiger charge is -2.26. The van der Waals surface area contributed by atoms with Crippen molar-refractivity contribution in [3.8, 4) is 11.3 Å². The second kappa shape index (κ2) is 8.00. The van der Waals surface area contributed by atoms with Crippen molar-refractivity contribution >= 4 is 5.91 Å². The molecule has 1 aromatic heterocycles. The average Bonchev–Trinajstić information content (AvgIpc) is 2.75. The van der Waals surface area contributed by atoms with Gasteiger partial charge in [-0.2, -0.15) is 0 Å². The van der Waals surface area contributed by atoms with Crippen LogP contribution in [0.5, 0.6) is 0 Å². The van der Waals surface area contributed by atoms with Crippen LogP contribution in [0.4, 0.5) is 0 Å². The summed E-state index contributed by atoms with van der Waals surface area (Å²) in [6.45, 7) is 2.54. The van der Waals surface area contributed by atoms with Gasteiger partial charge in [0.05, 0.1) is 24.5 Å². The third kappa shape index (κ3) is 3.80. The third-order valence-corrected chi connectivity index (χ3v) is 5.59. The molecule has 1 saturated heterocycles. The fourth-order valence-corrected chi connectivity index (χ4v) is 4.00. The summed E-state index contributed by atoms with van der Waals surface area (Å²) in [5, 5.41) is 0. The van der Waals surface area contributed by atoms with E-state index in [1.807, 2.05) is 17.0 Å². The molecule has 2 aliphatic rings. The van der Waals surface area contributed by atoms with Gasteiger partial charge in [0.15, 0.2) is 0 Å². The summed E-state index contributed by atoms with van der Waals surface area (Å²) >= 11 is 0. The van der Waals surface area contributed by atoms with Crippen LogP contribution in [-0.2, 0) is 4.74 Å². The highest BCUT2D eigenvalue weighted by molar-refractivity contribution is 5.94. The number of rotatable bonds is 3. The van der Waals surface area contributed by atoms with Gasteiger partial charge < -0.3 is 9.64 Å². The summed E-state index contributed by atoms with van der Waals surface area (Å²) in [5.74, 6) is 0.763. The molecule has 1 saturated carbocycles. The maximum absolute atomic E-state index is 12.5. The van der Waals surface area contributed by atoms with Gasteiger partial charge in [0.25, 0.3) is 5.91 Å². The minimum absolute atomic E-state index is 0.0417. The van der Waals surface area contributed by atoms with Crippen LogP contribution in [0.1, 0.15) is 53.9 Å². The molecule has 1 amide bonds. The minimum atomic E-state index is 0.0417. The number of hydrogen-bond acceptors (Lipinski definition) is 3. The van der Waals surface area contributed by atoms with E-state index in [0.717, 1.165) is 17.2 Å². The smallest absolute Gasteiger partial charge is 0.255 e. The van der Waals surface area contributed by atoms with Crippen molar-refractivity contribution in [2.75, 3.05) is 26.3 Å². The van der Waals surface area contributed by atoms with E-state index in [4.69, 9.17) is 4.74 Å². The zero-order valence-corrected chi connectivity index (χ0v) is 15.2. The van der Waals surface area contributed by atoms with Gasteiger partial charge in [0.1, 0.15) is 0 Å². The summed E-state index contributed by atoms with van der Waals surface area (Å²) in [6, 6.07) is 12.7. The quantitative estimate of drug-likeness (QED) is 0.830. The van der Waals surface area contributed by atoms with E-state index in [1.165, 1.54) is 37.7 Å². The molecule has 0 bridgehead atoms. The fourth-order valence-electron chi connectivity index (χ4n) is 4.00. The van der Waals surface area contributed by atoms with Crippen molar-refractivity contribution in [1.82, 2.24) is 9.88 Å². The van der Waals surface area contributed by atoms with Gasteiger partial charge in [-0.05, 0) is 36.5 Å². The molecule has 0 N–H and O–H groups in total. The standard InChI is InChI=1S/C22H26N2O2/c25-22(24-12-14-26-15-13-24)20-10-11-21(23-16-20)19-8-6-18(7-9-19)17-4-2-1-3-5-17/h6-11,16-17H,1-5,12-15H2. The predicted octanol–water partition coefficient (Wildman–Crippen LogP) is 4.27. The second-order valence-corrected chi connectivity index (χ2v) is 7.29. The lowest BCUT2D eigenvalue weighted by Crippen LogP contribution is -2.40. The summed E-state index contributed by atoms with van der Waals surface area (Å²) in [5.41, 5.74) is 4.12. The lowest BCUT2D eigenvalue weighted by molar-refractivity contribution is 0.0302. The number of amides is 1. The van der Waals surface area contributed by atoms with Gasteiger partial charge in [-0.3, -0.25) is 9.78 Å². The van der Waals surface area contributed by atoms with E-state index in [9.17, 15) is 4.79 Å². The number of benzene rings is 1. The average molecular weight is 350 g/mol. The van der Waals surface area contributed by atoms with Crippen LogP contribution in [0, 0.1) is 0 Å². The monoisotopic (exact) mass is 350 g/mol. The molecule has 4 nitrogen and oxygen atoms in total. The van der Waals surface area contributed by atoms with E-state index >= 15 is 0 Å². The summed E-state index contributed by atoms with van der Waals surface area (Å²) in [7, 11) is 0. The van der Waals surface area contributed by atoms with Crippen LogP contribution in [0.3, 0.4) is 0 Å². The number of hydrogen-bond donors (Lipinski definition) is 0. The van der Waals surface area contributed by atoms with Gasteiger partial charge in [-0.25, -0.2) is 0 Å². The van der Waals surface area contributed by atoms with Crippen LogP contribution in [0.2, 0.25) is 0 Å². The molecule has 0 atom stereocenters. The van der Waals surface area contributed by atoms with E-state index in [2.05, 4.69) is 29.2 Å². The predicted molar refractivity (Wildman–Crippen MR) is 102 cm³/mol. The minimum Gasteiger partial charge on any atom is -0.378 e. The topological polar surface area (TPSA) is 42.4 Å². The molecule has 136 valence electrons. The molecule has 2 aromatic rings. The number of carbonyl (C=O) groups is 1. The maximum atomic E-state index is 12.5. The molecule has 1 aromatic carbocycles. The first-order valence-corrected chi connectivity index (χ1v) is 9.75. The Morgan fingerprint density at radius 1 is 0.962 bits per heavy atom. The first kappa shape index (κ1) is 17.2. The Labute approximate surface area is 155 Å². The van der Waals surface area contributed by atoms with Crippen molar-refractivity contribution in [3.63, 3.8) is 0 Å². The van der Waals surface area contributed by atoms with E-state index in [1.54, 1.807) is 6.20 Å². The number of pyridine rings is 1. The number of carbonyl (C=O) groups excluding carboxylic acids is 1. The molecule has 4 heteroatoms. The molecule has 4 rings (SSSR count). The van der Waals surface area contributed by atoms with E-state index in [-0.39, 0.29) is 5.91 Å². The molecule has 26 heavy (non-hydrogen) atoms. The first-order chi connectivity index (χ1) is 12.8. The van der Waals surface area contributed by atoms with Crippen LogP contribution >= 0.6 is 0 Å². The Morgan fingerprint density at radius 3 is 2.35 bits per heavy atom. The lowest BCUT2D eigenvalue weighted by atomic mass is 9.84. The van der Waals surface area contributed by atoms with Crippen LogP contribution in [0.15, 0.2) is 42.6 Å². The van der Waals surface area contributed by atoms with Crippen molar-refractivity contribution < 1.29 is 9.53 Å². The molecule has 1 aliphatic carbocycles. The molecule has 2 heterocycles. The van der Waals surface area contributed by atoms with E-state index < -0.39 is 0 Å². The number of nitrogens with zero attached hydrogens (tertiary/aromatic N) is 2. The Hall–Kier alpha value is -2.20. The van der Waals surface area contributed by atoms with Gasteiger partial charge in [0.2, 0.25) is 0 Å². The summed E-state index contributed by atoms with van der Waals surface area (Å²) in [6.07, 6.45) is 8.42. The van der Waals surface area contributed by atoms with Gasteiger partial charge in [-0.1, -0.05) is 43.5 Å². The third-order valence-electron chi connectivity index (χ3n) is 5.59.